The Morgan fingerprint density at radius 1 is 1.36 bits per heavy atom. The zero-order valence-electron chi connectivity index (χ0n) is 13.8. The van der Waals surface area contributed by atoms with E-state index in [-0.39, 0.29) is 17.9 Å². The highest BCUT2D eigenvalue weighted by Crippen LogP contribution is 2.26. The summed E-state index contributed by atoms with van der Waals surface area (Å²) in [6.07, 6.45) is -0.703. The predicted molar refractivity (Wildman–Crippen MR) is 87.2 cm³/mol. The Morgan fingerprint density at radius 2 is 2.00 bits per heavy atom. The number of esters is 1. The number of nitrogens with one attached hydrogen (secondary N) is 1. The van der Waals surface area contributed by atoms with Crippen LogP contribution in [0.3, 0.4) is 0 Å². The van der Waals surface area contributed by atoms with Crippen molar-refractivity contribution < 1.29 is 32.6 Å². The average Bonchev–Trinajstić information content (AvgIpc) is 3.06. The van der Waals surface area contributed by atoms with Gasteiger partial charge >= 0.3 is 18.1 Å². The number of carbonyl (C=O) groups is 2. The van der Waals surface area contributed by atoms with Gasteiger partial charge in [0.2, 0.25) is 0 Å². The van der Waals surface area contributed by atoms with Crippen molar-refractivity contribution >= 4 is 23.3 Å². The van der Waals surface area contributed by atoms with E-state index < -0.39 is 12.1 Å². The Kier molecular flexibility index (Phi) is 8.91. The van der Waals surface area contributed by atoms with E-state index in [0.717, 1.165) is 25.8 Å². The molecule has 1 aromatic rings. The van der Waals surface area contributed by atoms with Crippen molar-refractivity contribution in [2.75, 3.05) is 6.61 Å². The molecule has 1 saturated carbocycles. The number of alkyl halides is 3. The molecule has 0 amide bonds. The third kappa shape index (κ3) is 7.87. The van der Waals surface area contributed by atoms with Crippen LogP contribution >= 0.6 is 11.3 Å². The Bertz CT molecular complexity index is 534. The zero-order valence-corrected chi connectivity index (χ0v) is 14.7. The minimum Gasteiger partial charge on any atom is -0.475 e. The van der Waals surface area contributed by atoms with Crippen molar-refractivity contribution in [3.05, 3.63) is 22.4 Å². The molecule has 142 valence electrons. The van der Waals surface area contributed by atoms with Crippen LogP contribution in [-0.4, -0.2) is 35.9 Å². The Morgan fingerprint density at radius 3 is 2.52 bits per heavy atom. The molecule has 0 aromatic carbocycles. The fourth-order valence-electron chi connectivity index (χ4n) is 2.55. The second-order valence-electron chi connectivity index (χ2n) is 5.56. The van der Waals surface area contributed by atoms with E-state index in [1.807, 2.05) is 6.92 Å². The average molecular weight is 381 g/mol. The number of rotatable bonds is 5. The molecule has 1 aliphatic rings. The largest absolute Gasteiger partial charge is 0.490 e. The fourth-order valence-corrected chi connectivity index (χ4v) is 3.22. The molecule has 0 bridgehead atoms. The first-order valence-corrected chi connectivity index (χ1v) is 8.91. The van der Waals surface area contributed by atoms with Gasteiger partial charge in [0.05, 0.1) is 12.5 Å². The predicted octanol–water partition coefficient (Wildman–Crippen LogP) is 3.59. The van der Waals surface area contributed by atoms with E-state index in [1.54, 1.807) is 11.3 Å². The van der Waals surface area contributed by atoms with Crippen molar-refractivity contribution in [1.29, 1.82) is 0 Å². The highest BCUT2D eigenvalue weighted by atomic mass is 32.1. The van der Waals surface area contributed by atoms with Gasteiger partial charge in [-0.15, -0.1) is 0 Å². The molecule has 2 atom stereocenters. The highest BCUT2D eigenvalue weighted by Gasteiger charge is 2.38. The van der Waals surface area contributed by atoms with Gasteiger partial charge in [0.15, 0.2) is 0 Å². The third-order valence-corrected chi connectivity index (χ3v) is 4.48. The summed E-state index contributed by atoms with van der Waals surface area (Å²) < 4.78 is 36.9. The first kappa shape index (κ1) is 21.4. The normalized spacial score (nSPS) is 20.3. The van der Waals surface area contributed by atoms with Crippen LogP contribution in [-0.2, 0) is 20.9 Å². The molecule has 9 heteroatoms. The van der Waals surface area contributed by atoms with Crippen LogP contribution in [0.15, 0.2) is 16.8 Å². The molecule has 25 heavy (non-hydrogen) atoms. The minimum atomic E-state index is -5.08. The van der Waals surface area contributed by atoms with E-state index in [0.29, 0.717) is 6.61 Å². The molecule has 0 unspecified atom stereocenters. The Hall–Kier alpha value is -1.61. The van der Waals surface area contributed by atoms with Crippen molar-refractivity contribution in [2.24, 2.45) is 5.92 Å². The van der Waals surface area contributed by atoms with Gasteiger partial charge in [-0.05, 0) is 42.2 Å². The molecule has 1 heterocycles. The smallest absolute Gasteiger partial charge is 0.475 e. The maximum Gasteiger partial charge on any atom is 0.490 e. The summed E-state index contributed by atoms with van der Waals surface area (Å²) in [6, 6.07) is 2.40. The first-order valence-electron chi connectivity index (χ1n) is 7.97. The highest BCUT2D eigenvalue weighted by molar-refractivity contribution is 7.07. The molecular formula is C16H22F3NO4S. The number of hydrogen-bond acceptors (Lipinski definition) is 5. The van der Waals surface area contributed by atoms with Crippen molar-refractivity contribution in [2.45, 2.75) is 51.4 Å². The fraction of sp³-hybridized carbons (Fsp3) is 0.625. The van der Waals surface area contributed by atoms with Gasteiger partial charge in [-0.25, -0.2) is 4.79 Å². The number of carbonyl (C=O) groups excluding carboxylic acids is 1. The molecule has 2 rings (SSSR count). The van der Waals surface area contributed by atoms with Gasteiger partial charge in [0, 0.05) is 12.6 Å². The van der Waals surface area contributed by atoms with Gasteiger partial charge in [-0.2, -0.15) is 24.5 Å². The van der Waals surface area contributed by atoms with Crippen molar-refractivity contribution in [3.63, 3.8) is 0 Å². The topological polar surface area (TPSA) is 75.6 Å². The second kappa shape index (κ2) is 10.4. The maximum absolute atomic E-state index is 11.9. The molecule has 5 nitrogen and oxygen atoms in total. The van der Waals surface area contributed by atoms with Crippen LogP contribution in [0.4, 0.5) is 13.2 Å². The zero-order chi connectivity index (χ0) is 18.9. The molecule has 0 radical (unpaired) electrons. The molecule has 0 saturated heterocycles. The summed E-state index contributed by atoms with van der Waals surface area (Å²) in [6.45, 7) is 3.20. The summed E-state index contributed by atoms with van der Waals surface area (Å²) >= 11 is 1.71. The number of hydrogen-bond donors (Lipinski definition) is 2. The summed E-state index contributed by atoms with van der Waals surface area (Å²) in [5.41, 5.74) is 1.30. The second-order valence-corrected chi connectivity index (χ2v) is 6.34. The maximum atomic E-state index is 11.9. The third-order valence-electron chi connectivity index (χ3n) is 3.75. The van der Waals surface area contributed by atoms with Gasteiger partial charge in [0.25, 0.3) is 0 Å². The van der Waals surface area contributed by atoms with Gasteiger partial charge in [-0.3, -0.25) is 4.79 Å². The summed E-state index contributed by atoms with van der Waals surface area (Å²) in [5, 5.41) is 14.9. The molecule has 1 aliphatic carbocycles. The number of thiophene rings is 1. The van der Waals surface area contributed by atoms with Crippen LogP contribution in [0, 0.1) is 5.92 Å². The number of carboxylic acids is 1. The molecule has 0 spiro atoms. The molecule has 0 aliphatic heterocycles. The van der Waals surface area contributed by atoms with E-state index in [1.165, 1.54) is 12.0 Å². The lowest BCUT2D eigenvalue weighted by atomic mass is 9.84. The quantitative estimate of drug-likeness (QED) is 0.763. The number of carboxylic acid groups (broad SMARTS) is 1. The van der Waals surface area contributed by atoms with Gasteiger partial charge in [0.1, 0.15) is 0 Å². The lowest BCUT2D eigenvalue weighted by molar-refractivity contribution is -0.192. The summed E-state index contributed by atoms with van der Waals surface area (Å²) in [5.74, 6) is -2.75. The Labute approximate surface area is 148 Å². The van der Waals surface area contributed by atoms with Crippen LogP contribution in [0.1, 0.15) is 38.2 Å². The lowest BCUT2D eigenvalue weighted by Crippen LogP contribution is -2.42. The minimum absolute atomic E-state index is 0.0278. The molecular weight excluding hydrogens is 359 g/mol. The number of aliphatic carboxylic acids is 1. The van der Waals surface area contributed by atoms with Gasteiger partial charge < -0.3 is 15.2 Å². The van der Waals surface area contributed by atoms with E-state index >= 15 is 0 Å². The van der Waals surface area contributed by atoms with Crippen LogP contribution in [0.5, 0.6) is 0 Å². The van der Waals surface area contributed by atoms with Crippen LogP contribution in [0.2, 0.25) is 0 Å². The monoisotopic (exact) mass is 381 g/mol. The summed E-state index contributed by atoms with van der Waals surface area (Å²) in [4.78, 5) is 20.8. The molecule has 1 fully saturated rings. The Balaban J connectivity index is 0.000000381. The van der Waals surface area contributed by atoms with Crippen LogP contribution in [0.25, 0.3) is 0 Å². The molecule has 2 N–H and O–H groups in total. The van der Waals surface area contributed by atoms with E-state index in [2.05, 4.69) is 22.1 Å². The lowest BCUT2D eigenvalue weighted by Gasteiger charge is -2.30. The number of halogens is 3. The first-order chi connectivity index (χ1) is 11.8. The van der Waals surface area contributed by atoms with Crippen molar-refractivity contribution in [3.8, 4) is 0 Å². The van der Waals surface area contributed by atoms with Crippen molar-refractivity contribution in [1.82, 2.24) is 5.32 Å². The SMILES string of the molecule is CCOC(=O)[C@@H]1CCCC[C@@H]1NCc1ccsc1.O=C(O)C(F)(F)F. The van der Waals surface area contributed by atoms with Crippen LogP contribution < -0.4 is 5.32 Å². The summed E-state index contributed by atoms with van der Waals surface area (Å²) in [7, 11) is 0. The van der Waals surface area contributed by atoms with E-state index in [4.69, 9.17) is 14.6 Å². The standard InChI is InChI=1S/C14H21NO2S.C2HF3O2/c1-2-17-14(16)12-5-3-4-6-13(12)15-9-11-7-8-18-10-11;3-2(4,5)1(6)7/h7-8,10,12-13,15H,2-6,9H2,1H3;(H,6,7)/t12-,13+;/m1./s1. The van der Waals surface area contributed by atoms with E-state index in [9.17, 15) is 18.0 Å². The van der Waals surface area contributed by atoms with Gasteiger partial charge in [-0.1, -0.05) is 12.8 Å². The number of ether oxygens (including phenoxy) is 1. The molecule has 1 aromatic heterocycles.